The van der Waals surface area contributed by atoms with E-state index in [0.717, 1.165) is 5.56 Å². The van der Waals surface area contributed by atoms with E-state index in [-0.39, 0.29) is 23.7 Å². The molecule has 0 heterocycles. The largest absolute Gasteiger partial charge is 0.488 e. The van der Waals surface area contributed by atoms with Gasteiger partial charge in [-0.25, -0.2) is 4.39 Å². The predicted octanol–water partition coefficient (Wildman–Crippen LogP) is 2.63. The molecule has 1 atom stereocenters. The van der Waals surface area contributed by atoms with Crippen LogP contribution >= 0.6 is 0 Å². The Kier molecular flexibility index (Phi) is 3.47. The molecule has 0 spiro atoms. The maximum atomic E-state index is 13.4. The fourth-order valence-corrected chi connectivity index (χ4v) is 1.15. The first-order valence-electron chi connectivity index (χ1n) is 4.72. The molecule has 78 valence electrons. The highest BCUT2D eigenvalue weighted by molar-refractivity contribution is 5.30. The molecule has 1 aromatic rings. The van der Waals surface area contributed by atoms with Crippen molar-refractivity contribution in [1.82, 2.24) is 0 Å². The summed E-state index contributed by atoms with van der Waals surface area (Å²) in [6, 6.07) is 4.67. The molecule has 1 aromatic carbocycles. The summed E-state index contributed by atoms with van der Waals surface area (Å²) in [5.74, 6) is -0.0714. The Bertz CT molecular complexity index is 310. The molecule has 3 heteroatoms. The first kappa shape index (κ1) is 11.0. The molecule has 0 aliphatic rings. The Morgan fingerprint density at radius 1 is 1.29 bits per heavy atom. The molecule has 0 saturated carbocycles. The van der Waals surface area contributed by atoms with Crippen LogP contribution in [0.25, 0.3) is 0 Å². The lowest BCUT2D eigenvalue weighted by Crippen LogP contribution is -2.09. The molecule has 0 fully saturated rings. The van der Waals surface area contributed by atoms with E-state index in [4.69, 9.17) is 10.5 Å². The third-order valence-electron chi connectivity index (χ3n) is 1.84. The SMILES string of the molecule is CC(C)Oc1ccc([C@H](C)N)cc1F. The first-order valence-corrected chi connectivity index (χ1v) is 4.72. The predicted molar refractivity (Wildman–Crippen MR) is 54.8 cm³/mol. The number of nitrogens with two attached hydrogens (primary N) is 1. The second-order valence-corrected chi connectivity index (χ2v) is 3.65. The second-order valence-electron chi connectivity index (χ2n) is 3.65. The van der Waals surface area contributed by atoms with Crippen molar-refractivity contribution in [1.29, 1.82) is 0 Å². The van der Waals surface area contributed by atoms with Gasteiger partial charge in [0.15, 0.2) is 11.6 Å². The van der Waals surface area contributed by atoms with E-state index < -0.39 is 0 Å². The van der Waals surface area contributed by atoms with Gasteiger partial charge in [-0.2, -0.15) is 0 Å². The van der Waals surface area contributed by atoms with E-state index in [1.807, 2.05) is 20.8 Å². The molecule has 0 saturated heterocycles. The van der Waals surface area contributed by atoms with E-state index in [0.29, 0.717) is 0 Å². The number of rotatable bonds is 3. The zero-order valence-corrected chi connectivity index (χ0v) is 8.75. The van der Waals surface area contributed by atoms with Crippen LogP contribution in [0.1, 0.15) is 32.4 Å². The molecule has 0 unspecified atom stereocenters. The van der Waals surface area contributed by atoms with Gasteiger partial charge in [0.1, 0.15) is 0 Å². The van der Waals surface area contributed by atoms with E-state index in [2.05, 4.69) is 0 Å². The van der Waals surface area contributed by atoms with Crippen LogP contribution in [0.5, 0.6) is 5.75 Å². The average molecular weight is 197 g/mol. The second kappa shape index (κ2) is 4.42. The van der Waals surface area contributed by atoms with Crippen LogP contribution in [0.3, 0.4) is 0 Å². The normalized spacial score (nSPS) is 13.0. The molecule has 0 aliphatic heterocycles. The van der Waals surface area contributed by atoms with Gasteiger partial charge in [0, 0.05) is 6.04 Å². The fraction of sp³-hybridized carbons (Fsp3) is 0.455. The van der Waals surface area contributed by atoms with E-state index in [1.165, 1.54) is 6.07 Å². The zero-order chi connectivity index (χ0) is 10.7. The maximum absolute atomic E-state index is 13.4. The molecular formula is C11H16FNO. The lowest BCUT2D eigenvalue weighted by atomic mass is 10.1. The fourth-order valence-electron chi connectivity index (χ4n) is 1.15. The summed E-state index contributed by atoms with van der Waals surface area (Å²) in [7, 11) is 0. The first-order chi connectivity index (χ1) is 6.50. The van der Waals surface area contributed by atoms with Crippen LogP contribution in [0.4, 0.5) is 4.39 Å². The smallest absolute Gasteiger partial charge is 0.165 e. The summed E-state index contributed by atoms with van der Waals surface area (Å²) in [4.78, 5) is 0. The summed E-state index contributed by atoms with van der Waals surface area (Å²) in [6.07, 6.45) is -0.0225. The Morgan fingerprint density at radius 2 is 1.93 bits per heavy atom. The highest BCUT2D eigenvalue weighted by atomic mass is 19.1. The van der Waals surface area contributed by atoms with Gasteiger partial charge in [-0.1, -0.05) is 6.07 Å². The van der Waals surface area contributed by atoms with Crippen LogP contribution in [-0.4, -0.2) is 6.10 Å². The Labute approximate surface area is 83.9 Å². The van der Waals surface area contributed by atoms with Gasteiger partial charge in [0.2, 0.25) is 0 Å². The van der Waals surface area contributed by atoms with Gasteiger partial charge in [0.25, 0.3) is 0 Å². The standard InChI is InChI=1S/C11H16FNO/c1-7(2)14-11-5-4-9(8(3)13)6-10(11)12/h4-8H,13H2,1-3H3/t8-/m0/s1. The lowest BCUT2D eigenvalue weighted by Gasteiger charge is -2.12. The van der Waals surface area contributed by atoms with Crippen molar-refractivity contribution >= 4 is 0 Å². The number of hydrogen-bond acceptors (Lipinski definition) is 2. The summed E-state index contributed by atoms with van der Waals surface area (Å²) >= 11 is 0. The third-order valence-corrected chi connectivity index (χ3v) is 1.84. The van der Waals surface area contributed by atoms with Gasteiger partial charge >= 0.3 is 0 Å². The topological polar surface area (TPSA) is 35.2 Å². The molecule has 0 amide bonds. The summed E-state index contributed by atoms with van der Waals surface area (Å²) in [5.41, 5.74) is 6.40. The van der Waals surface area contributed by atoms with E-state index in [9.17, 15) is 4.39 Å². The van der Waals surface area contributed by atoms with E-state index >= 15 is 0 Å². The maximum Gasteiger partial charge on any atom is 0.165 e. The molecule has 0 aromatic heterocycles. The summed E-state index contributed by atoms with van der Waals surface area (Å²) in [6.45, 7) is 5.54. The zero-order valence-electron chi connectivity index (χ0n) is 8.75. The average Bonchev–Trinajstić information content (AvgIpc) is 2.07. The number of benzene rings is 1. The minimum atomic E-state index is -0.353. The monoisotopic (exact) mass is 197 g/mol. The van der Waals surface area contributed by atoms with Crippen LogP contribution in [0, 0.1) is 5.82 Å². The van der Waals surface area contributed by atoms with Crippen LogP contribution < -0.4 is 10.5 Å². The number of hydrogen-bond donors (Lipinski definition) is 1. The molecule has 2 N–H and O–H groups in total. The minimum absolute atomic E-state index is 0.0225. The molecule has 0 aliphatic carbocycles. The van der Waals surface area contributed by atoms with Gasteiger partial charge in [-0.3, -0.25) is 0 Å². The van der Waals surface area contributed by atoms with Crippen molar-refractivity contribution in [2.45, 2.75) is 32.9 Å². The molecule has 2 nitrogen and oxygen atoms in total. The molecule has 1 rings (SSSR count). The highest BCUT2D eigenvalue weighted by Gasteiger charge is 2.08. The highest BCUT2D eigenvalue weighted by Crippen LogP contribution is 2.21. The molecule has 14 heavy (non-hydrogen) atoms. The van der Waals surface area contributed by atoms with Crippen molar-refractivity contribution in [2.75, 3.05) is 0 Å². The molecule has 0 bridgehead atoms. The van der Waals surface area contributed by atoms with Crippen molar-refractivity contribution in [2.24, 2.45) is 5.73 Å². The van der Waals surface area contributed by atoms with Gasteiger partial charge in [-0.05, 0) is 38.5 Å². The summed E-state index contributed by atoms with van der Waals surface area (Å²) in [5, 5.41) is 0. The Morgan fingerprint density at radius 3 is 2.36 bits per heavy atom. The van der Waals surface area contributed by atoms with Crippen molar-refractivity contribution in [3.63, 3.8) is 0 Å². The van der Waals surface area contributed by atoms with Crippen LogP contribution in [-0.2, 0) is 0 Å². The number of halogens is 1. The van der Waals surface area contributed by atoms with Crippen molar-refractivity contribution in [3.05, 3.63) is 29.6 Å². The number of ether oxygens (including phenoxy) is 1. The lowest BCUT2D eigenvalue weighted by molar-refractivity contribution is 0.231. The quantitative estimate of drug-likeness (QED) is 0.808. The van der Waals surface area contributed by atoms with Crippen LogP contribution in [0.2, 0.25) is 0 Å². The Hall–Kier alpha value is -1.09. The van der Waals surface area contributed by atoms with Gasteiger partial charge < -0.3 is 10.5 Å². The van der Waals surface area contributed by atoms with Gasteiger partial charge in [-0.15, -0.1) is 0 Å². The Balaban J connectivity index is 2.90. The van der Waals surface area contributed by atoms with Gasteiger partial charge in [0.05, 0.1) is 6.10 Å². The van der Waals surface area contributed by atoms with Crippen molar-refractivity contribution in [3.8, 4) is 5.75 Å². The summed E-state index contributed by atoms with van der Waals surface area (Å²) < 4.78 is 18.7. The minimum Gasteiger partial charge on any atom is -0.488 e. The van der Waals surface area contributed by atoms with Crippen LogP contribution in [0.15, 0.2) is 18.2 Å². The molecular weight excluding hydrogens is 181 g/mol. The van der Waals surface area contributed by atoms with E-state index in [1.54, 1.807) is 12.1 Å². The molecule has 0 radical (unpaired) electrons. The van der Waals surface area contributed by atoms with Crippen molar-refractivity contribution < 1.29 is 9.13 Å². The third kappa shape index (κ3) is 2.70.